The fourth-order valence-corrected chi connectivity index (χ4v) is 2.28. The van der Waals surface area contributed by atoms with Gasteiger partial charge in [0, 0.05) is 38.0 Å². The number of hydrogen-bond donors (Lipinski definition) is 0. The monoisotopic (exact) mass is 437 g/mol. The first kappa shape index (κ1) is 23.4. The van der Waals surface area contributed by atoms with Crippen molar-refractivity contribution >= 4 is 12.2 Å². The van der Waals surface area contributed by atoms with E-state index in [0.29, 0.717) is 25.2 Å². The molecule has 1 heterocycles. The number of hydrogen-bond acceptors (Lipinski definition) is 5. The van der Waals surface area contributed by atoms with Gasteiger partial charge < -0.3 is 9.47 Å². The maximum Gasteiger partial charge on any atom is 0.416 e. The van der Waals surface area contributed by atoms with Crippen molar-refractivity contribution < 1.29 is 40.6 Å². The lowest BCUT2D eigenvalue weighted by Gasteiger charge is -2.13. The third-order valence-electron chi connectivity index (χ3n) is 3.76. The van der Waals surface area contributed by atoms with Gasteiger partial charge in [0.05, 0.1) is 11.1 Å². The van der Waals surface area contributed by atoms with Crippen LogP contribution in [0.5, 0.6) is 0 Å². The standard InChI is InChI=1S/C18H17F6N3O3/c1-11(4-6-29-2)30-15(28)3-5-27-10-25-16(26-27)12-7-13(17(19,20)21)9-14(8-12)18(22,23)24/h3,5,7-11H,4,6H2,1-2H3/b5-3-. The molecule has 0 aliphatic carbocycles. The summed E-state index contributed by atoms with van der Waals surface area (Å²) >= 11 is 0. The first-order chi connectivity index (χ1) is 13.9. The molecule has 30 heavy (non-hydrogen) atoms. The predicted octanol–water partition coefficient (Wildman–Crippen LogP) is 4.42. The fourth-order valence-electron chi connectivity index (χ4n) is 2.28. The maximum atomic E-state index is 13.0. The van der Waals surface area contributed by atoms with Crippen molar-refractivity contribution in [2.75, 3.05) is 13.7 Å². The molecule has 0 aliphatic rings. The number of benzene rings is 1. The van der Waals surface area contributed by atoms with Crippen LogP contribution in [0.4, 0.5) is 26.3 Å². The van der Waals surface area contributed by atoms with Crippen LogP contribution in [0.15, 0.2) is 30.6 Å². The number of nitrogens with zero attached hydrogens (tertiary/aromatic N) is 3. The van der Waals surface area contributed by atoms with E-state index in [2.05, 4.69) is 10.1 Å². The molecule has 1 unspecified atom stereocenters. The van der Waals surface area contributed by atoms with E-state index in [9.17, 15) is 31.1 Å². The van der Waals surface area contributed by atoms with Crippen molar-refractivity contribution in [2.24, 2.45) is 0 Å². The Morgan fingerprint density at radius 1 is 1.13 bits per heavy atom. The Hall–Kier alpha value is -2.89. The molecule has 1 aromatic carbocycles. The summed E-state index contributed by atoms with van der Waals surface area (Å²) in [7, 11) is 1.50. The Morgan fingerprint density at radius 2 is 1.73 bits per heavy atom. The smallest absolute Gasteiger partial charge is 0.416 e. The second-order valence-electron chi connectivity index (χ2n) is 6.19. The number of rotatable bonds is 7. The molecule has 0 amide bonds. The molecule has 0 saturated heterocycles. The highest BCUT2D eigenvalue weighted by molar-refractivity contribution is 5.85. The molecular weight excluding hydrogens is 420 g/mol. The van der Waals surface area contributed by atoms with Gasteiger partial charge in [0.2, 0.25) is 0 Å². The van der Waals surface area contributed by atoms with Crippen molar-refractivity contribution in [3.63, 3.8) is 0 Å². The molecular formula is C18H17F6N3O3. The largest absolute Gasteiger partial charge is 0.459 e. The molecule has 0 fully saturated rings. The SMILES string of the molecule is COCCC(C)OC(=O)/C=C\n1cnc(-c2cc(C(F)(F)F)cc(C(F)(F)F)c2)n1. The molecule has 1 aromatic heterocycles. The van der Waals surface area contributed by atoms with Gasteiger partial charge in [0.15, 0.2) is 5.82 Å². The van der Waals surface area contributed by atoms with Gasteiger partial charge >= 0.3 is 18.3 Å². The van der Waals surface area contributed by atoms with Crippen LogP contribution in [0.1, 0.15) is 24.5 Å². The van der Waals surface area contributed by atoms with E-state index >= 15 is 0 Å². The van der Waals surface area contributed by atoms with Crippen molar-refractivity contribution in [2.45, 2.75) is 31.8 Å². The van der Waals surface area contributed by atoms with Crippen molar-refractivity contribution in [1.29, 1.82) is 0 Å². The summed E-state index contributed by atoms with van der Waals surface area (Å²) in [5.41, 5.74) is -3.43. The van der Waals surface area contributed by atoms with Crippen LogP contribution >= 0.6 is 0 Å². The van der Waals surface area contributed by atoms with Crippen LogP contribution < -0.4 is 0 Å². The molecule has 0 bridgehead atoms. The maximum absolute atomic E-state index is 13.0. The molecule has 0 N–H and O–H groups in total. The zero-order valence-corrected chi connectivity index (χ0v) is 15.8. The minimum atomic E-state index is -4.98. The average molecular weight is 437 g/mol. The molecule has 0 radical (unpaired) electrons. The van der Waals surface area contributed by atoms with Crippen LogP contribution in [0, 0.1) is 0 Å². The lowest BCUT2D eigenvalue weighted by molar-refractivity contribution is -0.144. The van der Waals surface area contributed by atoms with Gasteiger partial charge in [-0.3, -0.25) is 0 Å². The first-order valence-corrected chi connectivity index (χ1v) is 8.49. The molecule has 1 atom stereocenters. The summed E-state index contributed by atoms with van der Waals surface area (Å²) < 4.78 is 88.7. The summed E-state index contributed by atoms with van der Waals surface area (Å²) in [5, 5.41) is 3.78. The summed E-state index contributed by atoms with van der Waals surface area (Å²) in [5.74, 6) is -1.09. The van der Waals surface area contributed by atoms with E-state index in [1.165, 1.54) is 7.11 Å². The molecule has 12 heteroatoms. The quantitative estimate of drug-likeness (QED) is 0.365. The number of ether oxygens (including phenoxy) is 2. The predicted molar refractivity (Wildman–Crippen MR) is 92.8 cm³/mol. The zero-order chi connectivity index (χ0) is 22.5. The Bertz CT molecular complexity index is 873. The van der Waals surface area contributed by atoms with Gasteiger partial charge in [-0.25, -0.2) is 14.5 Å². The molecule has 6 nitrogen and oxygen atoms in total. The third kappa shape index (κ3) is 6.58. The topological polar surface area (TPSA) is 66.2 Å². The van der Waals surface area contributed by atoms with Gasteiger partial charge in [-0.15, -0.1) is 5.10 Å². The lowest BCUT2D eigenvalue weighted by Crippen LogP contribution is -2.15. The van der Waals surface area contributed by atoms with Crippen LogP contribution in [-0.2, 0) is 26.6 Å². The van der Waals surface area contributed by atoms with Gasteiger partial charge in [0.1, 0.15) is 12.4 Å². The highest BCUT2D eigenvalue weighted by atomic mass is 19.4. The van der Waals surface area contributed by atoms with E-state index < -0.39 is 41.1 Å². The third-order valence-corrected chi connectivity index (χ3v) is 3.76. The molecule has 2 aromatic rings. The fraction of sp³-hybridized carbons (Fsp3) is 0.389. The number of aromatic nitrogens is 3. The van der Waals surface area contributed by atoms with Gasteiger partial charge in [-0.2, -0.15) is 26.3 Å². The number of esters is 1. The Labute approximate surface area is 167 Å². The van der Waals surface area contributed by atoms with E-state index in [1.807, 2.05) is 0 Å². The number of carbonyl (C=O) groups excluding carboxylic acids is 1. The Morgan fingerprint density at radius 3 is 2.27 bits per heavy atom. The van der Waals surface area contributed by atoms with E-state index in [1.54, 1.807) is 6.92 Å². The highest BCUT2D eigenvalue weighted by Gasteiger charge is 2.37. The highest BCUT2D eigenvalue weighted by Crippen LogP contribution is 2.38. The number of methoxy groups -OCH3 is 1. The van der Waals surface area contributed by atoms with Crippen LogP contribution in [0.2, 0.25) is 0 Å². The van der Waals surface area contributed by atoms with Gasteiger partial charge in [0.25, 0.3) is 0 Å². The minimum absolute atomic E-state index is 0.0150. The number of halogens is 6. The van der Waals surface area contributed by atoms with Gasteiger partial charge in [-0.05, 0) is 25.1 Å². The molecule has 164 valence electrons. The Kier molecular flexibility index (Phi) is 7.24. The molecule has 0 spiro atoms. The molecule has 0 saturated carbocycles. The molecule has 2 rings (SSSR count). The lowest BCUT2D eigenvalue weighted by atomic mass is 10.0. The van der Waals surface area contributed by atoms with Crippen molar-refractivity contribution in [1.82, 2.24) is 14.8 Å². The van der Waals surface area contributed by atoms with E-state index in [4.69, 9.17) is 9.47 Å². The van der Waals surface area contributed by atoms with Crippen molar-refractivity contribution in [3.05, 3.63) is 41.7 Å². The summed E-state index contributed by atoms with van der Waals surface area (Å²) in [6.07, 6.45) is -6.78. The average Bonchev–Trinajstić information content (AvgIpc) is 3.12. The first-order valence-electron chi connectivity index (χ1n) is 8.49. The Balaban J connectivity index is 2.22. The second-order valence-corrected chi connectivity index (χ2v) is 6.19. The summed E-state index contributed by atoms with van der Waals surface area (Å²) in [6.45, 7) is 2.05. The van der Waals surface area contributed by atoms with E-state index in [-0.39, 0.29) is 11.9 Å². The van der Waals surface area contributed by atoms with Crippen molar-refractivity contribution in [3.8, 4) is 11.4 Å². The second kappa shape index (κ2) is 9.28. The van der Waals surface area contributed by atoms with Crippen LogP contribution in [0.25, 0.3) is 17.6 Å². The van der Waals surface area contributed by atoms with Gasteiger partial charge in [-0.1, -0.05) is 0 Å². The van der Waals surface area contributed by atoms with E-state index in [0.717, 1.165) is 23.3 Å². The summed E-state index contributed by atoms with van der Waals surface area (Å²) in [4.78, 5) is 15.4. The molecule has 0 aliphatic heterocycles. The number of carbonyl (C=O) groups is 1. The van der Waals surface area contributed by atoms with Crippen LogP contribution in [-0.4, -0.2) is 40.6 Å². The zero-order valence-electron chi connectivity index (χ0n) is 15.8. The van der Waals surface area contributed by atoms with Crippen LogP contribution in [0.3, 0.4) is 0 Å². The number of alkyl halides is 6. The normalized spacial score (nSPS) is 13.6. The minimum Gasteiger partial charge on any atom is -0.459 e. The summed E-state index contributed by atoms with van der Waals surface area (Å²) in [6, 6.07) is 1.05.